The Labute approximate surface area is 207 Å². The van der Waals surface area contributed by atoms with E-state index in [1.807, 2.05) is 72.8 Å². The van der Waals surface area contributed by atoms with Gasteiger partial charge < -0.3 is 4.74 Å². The molecule has 8 nitrogen and oxygen atoms in total. The number of nitrogens with one attached hydrogen (secondary N) is 1. The summed E-state index contributed by atoms with van der Waals surface area (Å²) in [6.45, 7) is 2.04. The lowest BCUT2D eigenvalue weighted by atomic mass is 10.1. The summed E-state index contributed by atoms with van der Waals surface area (Å²) >= 11 is 0. The molecule has 1 amide bonds. The van der Waals surface area contributed by atoms with Gasteiger partial charge in [0, 0.05) is 17.5 Å². The van der Waals surface area contributed by atoms with Crippen LogP contribution in [0.2, 0.25) is 0 Å². The Hall–Kier alpha value is -4.72. The third kappa shape index (κ3) is 4.61. The quantitative estimate of drug-likeness (QED) is 0.378. The molecule has 0 aliphatic carbocycles. The zero-order chi connectivity index (χ0) is 25.1. The number of benzene rings is 3. The number of aromatic nitrogens is 4. The zero-order valence-electron chi connectivity index (χ0n) is 20.0. The van der Waals surface area contributed by atoms with Crippen LogP contribution in [0.5, 0.6) is 5.75 Å². The van der Waals surface area contributed by atoms with Crippen LogP contribution in [0.15, 0.2) is 89.7 Å². The second-order valence-electron chi connectivity index (χ2n) is 8.43. The molecule has 8 heteroatoms. The van der Waals surface area contributed by atoms with Crippen LogP contribution in [0.25, 0.3) is 5.78 Å². The van der Waals surface area contributed by atoms with Gasteiger partial charge in [0.2, 0.25) is 5.95 Å². The van der Waals surface area contributed by atoms with E-state index in [1.165, 1.54) is 9.42 Å². The van der Waals surface area contributed by atoms with Crippen LogP contribution in [0, 0.1) is 6.92 Å². The first-order valence-electron chi connectivity index (χ1n) is 11.6. The maximum Gasteiger partial charge on any atom is 0.277 e. The van der Waals surface area contributed by atoms with Crippen molar-refractivity contribution in [1.29, 1.82) is 0 Å². The second-order valence-corrected chi connectivity index (χ2v) is 8.43. The number of rotatable bonds is 7. The van der Waals surface area contributed by atoms with E-state index in [0.717, 1.165) is 16.9 Å². The molecule has 5 aromatic rings. The number of hydrogen-bond acceptors (Lipinski definition) is 5. The van der Waals surface area contributed by atoms with Crippen molar-refractivity contribution >= 4 is 17.6 Å². The minimum absolute atomic E-state index is 0.213. The lowest BCUT2D eigenvalue weighted by molar-refractivity contribution is 0.0983. The number of carbonyl (C=O) groups is 1. The molecular formula is C28H25N5O3. The first-order chi connectivity index (χ1) is 17.5. The summed E-state index contributed by atoms with van der Waals surface area (Å²) in [5.74, 6) is 0.922. The number of hydrogen-bond donors (Lipinski definition) is 1. The molecule has 36 heavy (non-hydrogen) atoms. The van der Waals surface area contributed by atoms with Gasteiger partial charge in [-0.2, -0.15) is 9.50 Å². The van der Waals surface area contributed by atoms with Crippen molar-refractivity contribution < 1.29 is 9.53 Å². The van der Waals surface area contributed by atoms with Crippen molar-refractivity contribution in [2.45, 2.75) is 19.9 Å². The Morgan fingerprint density at radius 3 is 2.25 bits per heavy atom. The van der Waals surface area contributed by atoms with Crippen LogP contribution in [-0.2, 0) is 13.0 Å². The molecule has 2 heterocycles. The number of amides is 1. The molecule has 2 aromatic heterocycles. The normalized spacial score (nSPS) is 10.9. The number of aryl methyl sites for hydroxylation is 1. The van der Waals surface area contributed by atoms with Gasteiger partial charge in [0.15, 0.2) is 0 Å². The summed E-state index contributed by atoms with van der Waals surface area (Å²) in [6, 6.07) is 26.2. The average molecular weight is 480 g/mol. The Kier molecular flexibility index (Phi) is 6.32. The van der Waals surface area contributed by atoms with Crippen LogP contribution < -0.4 is 15.2 Å². The standard InChI is InChI=1S/C28H25N5O3/c1-19-24(17-20-9-5-3-6-10-20)26(35)33-27(29-19)30-28(31-33)32(25(34)22-11-7-4-8-12-22)18-21-13-15-23(36-2)16-14-21/h3-16H,17-18H2,1-2H3,(H,29,30,31). The second kappa shape index (κ2) is 9.87. The number of H-pyrrole nitrogens is 1. The van der Waals surface area contributed by atoms with Crippen LogP contribution in [-0.4, -0.2) is 32.6 Å². The Morgan fingerprint density at radius 2 is 1.58 bits per heavy atom. The van der Waals surface area contributed by atoms with Crippen molar-refractivity contribution in [2.75, 3.05) is 12.0 Å². The van der Waals surface area contributed by atoms with Crippen molar-refractivity contribution in [2.24, 2.45) is 0 Å². The topological polar surface area (TPSA) is 92.6 Å². The molecule has 3 aromatic carbocycles. The van der Waals surface area contributed by atoms with E-state index in [1.54, 1.807) is 26.2 Å². The molecule has 0 radical (unpaired) electrons. The summed E-state index contributed by atoms with van der Waals surface area (Å²) in [4.78, 5) is 37.5. The van der Waals surface area contributed by atoms with E-state index in [0.29, 0.717) is 23.2 Å². The molecule has 0 unspecified atom stereocenters. The minimum atomic E-state index is -0.250. The Bertz CT molecular complexity index is 1560. The lowest BCUT2D eigenvalue weighted by Crippen LogP contribution is -2.31. The number of ether oxygens (including phenoxy) is 1. The van der Waals surface area contributed by atoms with Gasteiger partial charge in [-0.3, -0.25) is 19.6 Å². The maximum atomic E-state index is 13.5. The van der Waals surface area contributed by atoms with E-state index in [4.69, 9.17) is 4.74 Å². The van der Waals surface area contributed by atoms with Gasteiger partial charge in [0.05, 0.1) is 19.3 Å². The molecule has 180 valence electrons. The predicted molar refractivity (Wildman–Crippen MR) is 138 cm³/mol. The predicted octanol–water partition coefficient (Wildman–Crippen LogP) is 4.17. The highest BCUT2D eigenvalue weighted by Gasteiger charge is 2.23. The molecule has 0 saturated heterocycles. The number of aromatic amines is 1. The monoisotopic (exact) mass is 479 g/mol. The molecule has 0 bridgehead atoms. The molecular weight excluding hydrogens is 454 g/mol. The highest BCUT2D eigenvalue weighted by atomic mass is 16.5. The van der Waals surface area contributed by atoms with E-state index >= 15 is 0 Å². The maximum absolute atomic E-state index is 13.5. The van der Waals surface area contributed by atoms with Crippen LogP contribution in [0.3, 0.4) is 0 Å². The summed E-state index contributed by atoms with van der Waals surface area (Å²) in [5.41, 5.74) is 3.34. The third-order valence-corrected chi connectivity index (χ3v) is 6.03. The third-order valence-electron chi connectivity index (χ3n) is 6.03. The summed E-state index contributed by atoms with van der Waals surface area (Å²) in [5, 5.41) is 3.02. The van der Waals surface area contributed by atoms with Crippen LogP contribution in [0.1, 0.15) is 32.7 Å². The fraction of sp³-hybridized carbons (Fsp3) is 0.143. The first kappa shape index (κ1) is 23.0. The van der Waals surface area contributed by atoms with Gasteiger partial charge in [-0.05, 0) is 42.3 Å². The number of anilines is 1. The molecule has 0 aliphatic rings. The lowest BCUT2D eigenvalue weighted by Gasteiger charge is -2.20. The zero-order valence-corrected chi connectivity index (χ0v) is 20.0. The van der Waals surface area contributed by atoms with E-state index in [9.17, 15) is 9.59 Å². The molecule has 1 N–H and O–H groups in total. The van der Waals surface area contributed by atoms with Crippen molar-refractivity contribution in [3.05, 3.63) is 123 Å². The highest BCUT2D eigenvalue weighted by molar-refractivity contribution is 6.05. The van der Waals surface area contributed by atoms with Crippen LogP contribution in [0.4, 0.5) is 5.95 Å². The van der Waals surface area contributed by atoms with Gasteiger partial charge >= 0.3 is 0 Å². The smallest absolute Gasteiger partial charge is 0.277 e. The molecule has 0 spiro atoms. The summed E-state index contributed by atoms with van der Waals surface area (Å²) in [7, 11) is 1.60. The minimum Gasteiger partial charge on any atom is -0.497 e. The van der Waals surface area contributed by atoms with E-state index < -0.39 is 0 Å². The summed E-state index contributed by atoms with van der Waals surface area (Å²) in [6.07, 6.45) is 0.453. The van der Waals surface area contributed by atoms with E-state index in [2.05, 4.69) is 15.1 Å². The van der Waals surface area contributed by atoms with Crippen molar-refractivity contribution in [3.8, 4) is 5.75 Å². The molecule has 0 saturated carbocycles. The Balaban J connectivity index is 1.56. The Morgan fingerprint density at radius 1 is 0.917 bits per heavy atom. The molecule has 5 rings (SSSR count). The van der Waals surface area contributed by atoms with Gasteiger partial charge in [0.1, 0.15) is 5.75 Å². The number of fused-ring (bicyclic) bond motifs is 1. The molecule has 0 atom stereocenters. The average Bonchev–Trinajstić information content (AvgIpc) is 3.34. The van der Waals surface area contributed by atoms with Gasteiger partial charge in [-0.15, -0.1) is 0 Å². The summed E-state index contributed by atoms with van der Waals surface area (Å²) < 4.78 is 6.55. The highest BCUT2D eigenvalue weighted by Crippen LogP contribution is 2.20. The van der Waals surface area contributed by atoms with Crippen molar-refractivity contribution in [1.82, 2.24) is 19.6 Å². The van der Waals surface area contributed by atoms with Gasteiger partial charge in [-0.25, -0.2) is 4.98 Å². The SMILES string of the molecule is COc1ccc(CN(C(=O)c2ccccc2)c2nc3nc(C)c(Cc4ccccc4)c(=O)n3[nH]2)cc1. The number of carbonyl (C=O) groups excluding carboxylic acids is 1. The van der Waals surface area contributed by atoms with Gasteiger partial charge in [0.25, 0.3) is 17.2 Å². The molecule has 0 fully saturated rings. The fourth-order valence-electron chi connectivity index (χ4n) is 4.06. The van der Waals surface area contributed by atoms with E-state index in [-0.39, 0.29) is 29.7 Å². The first-order valence-corrected chi connectivity index (χ1v) is 11.6. The number of nitrogens with zero attached hydrogens (tertiary/aromatic N) is 4. The largest absolute Gasteiger partial charge is 0.497 e. The van der Waals surface area contributed by atoms with Gasteiger partial charge in [-0.1, -0.05) is 60.7 Å². The fourth-order valence-corrected chi connectivity index (χ4v) is 4.06. The van der Waals surface area contributed by atoms with Crippen molar-refractivity contribution in [3.63, 3.8) is 0 Å². The number of methoxy groups -OCH3 is 1. The molecule has 0 aliphatic heterocycles. The van der Waals surface area contributed by atoms with Crippen LogP contribution >= 0.6 is 0 Å².